The van der Waals surface area contributed by atoms with Gasteiger partial charge in [-0.1, -0.05) is 85.3 Å². The highest BCUT2D eigenvalue weighted by atomic mass is 35.5. The Hall–Kier alpha value is -3.11. The quantitative estimate of drug-likeness (QED) is 0.358. The summed E-state index contributed by atoms with van der Waals surface area (Å²) >= 11 is 6.23. The van der Waals surface area contributed by atoms with Gasteiger partial charge in [-0.3, -0.25) is 9.59 Å². The summed E-state index contributed by atoms with van der Waals surface area (Å²) in [4.78, 5) is 28.8. The number of carbonyl (C=O) groups excluding carboxylic acids is 2. The van der Waals surface area contributed by atoms with Crippen LogP contribution in [0.4, 0.5) is 0 Å². The summed E-state index contributed by atoms with van der Waals surface area (Å²) in [7, 11) is 0. The number of amides is 2. The van der Waals surface area contributed by atoms with E-state index in [1.165, 1.54) is 5.56 Å². The third-order valence-electron chi connectivity index (χ3n) is 6.00. The molecule has 1 atom stereocenters. The molecule has 0 saturated carbocycles. The first kappa shape index (κ1) is 26.5. The Balaban J connectivity index is 1.88. The number of hydrogen-bond donors (Lipinski definition) is 1. The van der Waals surface area contributed by atoms with Crippen molar-refractivity contribution in [3.05, 3.63) is 106 Å². The summed E-state index contributed by atoms with van der Waals surface area (Å²) in [6.07, 6.45) is 2.38. The highest BCUT2D eigenvalue weighted by molar-refractivity contribution is 6.30. The van der Waals surface area contributed by atoms with Crippen molar-refractivity contribution >= 4 is 23.4 Å². The second-order valence-electron chi connectivity index (χ2n) is 9.19. The van der Waals surface area contributed by atoms with E-state index in [4.69, 9.17) is 11.6 Å². The molecule has 0 spiro atoms. The minimum atomic E-state index is -0.631. The predicted octanol–water partition coefficient (Wildman–Crippen LogP) is 6.00. The van der Waals surface area contributed by atoms with Gasteiger partial charge in [-0.25, -0.2) is 0 Å². The Morgan fingerprint density at radius 1 is 0.857 bits per heavy atom. The van der Waals surface area contributed by atoms with Crippen LogP contribution < -0.4 is 5.32 Å². The third-order valence-corrected chi connectivity index (χ3v) is 6.24. The molecule has 2 amide bonds. The number of hydrogen-bond acceptors (Lipinski definition) is 2. The number of nitrogens with one attached hydrogen (secondary N) is 1. The van der Waals surface area contributed by atoms with E-state index in [-0.39, 0.29) is 17.9 Å². The summed E-state index contributed by atoms with van der Waals surface area (Å²) in [5, 5.41) is 3.63. The van der Waals surface area contributed by atoms with Crippen molar-refractivity contribution in [1.29, 1.82) is 0 Å². The Kier molecular flexibility index (Phi) is 9.92. The molecule has 1 unspecified atom stereocenters. The molecule has 0 saturated heterocycles. The van der Waals surface area contributed by atoms with Crippen LogP contribution in [0.25, 0.3) is 0 Å². The summed E-state index contributed by atoms with van der Waals surface area (Å²) in [5.74, 6) is -0.198. The lowest BCUT2D eigenvalue weighted by molar-refractivity contribution is -0.141. The molecule has 0 bridgehead atoms. The van der Waals surface area contributed by atoms with Crippen molar-refractivity contribution in [1.82, 2.24) is 10.2 Å². The molecule has 184 valence electrons. The van der Waals surface area contributed by atoms with Gasteiger partial charge in [0, 0.05) is 30.5 Å². The third kappa shape index (κ3) is 8.25. The van der Waals surface area contributed by atoms with Crippen molar-refractivity contribution in [3.63, 3.8) is 0 Å². The van der Waals surface area contributed by atoms with Crippen molar-refractivity contribution in [2.45, 2.75) is 65.1 Å². The number of halogens is 1. The zero-order valence-electron chi connectivity index (χ0n) is 20.8. The summed E-state index contributed by atoms with van der Waals surface area (Å²) in [6.45, 7) is 6.31. The maximum absolute atomic E-state index is 13.7. The van der Waals surface area contributed by atoms with E-state index in [0.717, 1.165) is 23.1 Å². The van der Waals surface area contributed by atoms with Crippen LogP contribution in [0.15, 0.2) is 78.9 Å². The molecular weight excluding hydrogens is 456 g/mol. The van der Waals surface area contributed by atoms with E-state index >= 15 is 0 Å². The zero-order chi connectivity index (χ0) is 25.2. The Bertz CT molecular complexity index is 1100. The topological polar surface area (TPSA) is 49.4 Å². The number of nitrogens with zero attached hydrogens (tertiary/aromatic N) is 1. The average Bonchev–Trinajstić information content (AvgIpc) is 2.85. The first-order valence-corrected chi connectivity index (χ1v) is 12.7. The van der Waals surface area contributed by atoms with Gasteiger partial charge in [0.15, 0.2) is 0 Å². The summed E-state index contributed by atoms with van der Waals surface area (Å²) < 4.78 is 0. The molecular formula is C30H35ClN2O2. The first-order valence-electron chi connectivity index (χ1n) is 12.3. The van der Waals surface area contributed by atoms with Crippen molar-refractivity contribution < 1.29 is 9.59 Å². The van der Waals surface area contributed by atoms with E-state index in [9.17, 15) is 9.59 Å². The van der Waals surface area contributed by atoms with Gasteiger partial charge >= 0.3 is 0 Å². The van der Waals surface area contributed by atoms with Crippen LogP contribution in [0, 0.1) is 0 Å². The fraction of sp³-hybridized carbons (Fsp3) is 0.333. The van der Waals surface area contributed by atoms with Gasteiger partial charge in [0.05, 0.1) is 0 Å². The van der Waals surface area contributed by atoms with Crippen LogP contribution in [0.1, 0.15) is 49.4 Å². The predicted molar refractivity (Wildman–Crippen MR) is 143 cm³/mol. The van der Waals surface area contributed by atoms with Gasteiger partial charge in [0.2, 0.25) is 11.8 Å². The monoisotopic (exact) mass is 490 g/mol. The summed E-state index contributed by atoms with van der Waals surface area (Å²) in [6, 6.07) is 25.0. The Morgan fingerprint density at radius 3 is 2.14 bits per heavy atom. The van der Waals surface area contributed by atoms with Crippen molar-refractivity contribution in [2.24, 2.45) is 0 Å². The molecule has 0 aliphatic carbocycles. The van der Waals surface area contributed by atoms with E-state index in [1.807, 2.05) is 68.4 Å². The van der Waals surface area contributed by atoms with Gasteiger partial charge in [0.25, 0.3) is 0 Å². The molecule has 3 rings (SSSR count). The van der Waals surface area contributed by atoms with Crippen LogP contribution >= 0.6 is 11.6 Å². The van der Waals surface area contributed by atoms with E-state index in [0.29, 0.717) is 30.8 Å². The normalized spacial score (nSPS) is 11.8. The maximum Gasteiger partial charge on any atom is 0.243 e. The second-order valence-corrected chi connectivity index (χ2v) is 9.63. The van der Waals surface area contributed by atoms with E-state index in [1.54, 1.807) is 4.90 Å². The standard InChI is InChI=1S/C30H35ClN2O2/c1-4-23-13-15-24(16-14-23)17-18-29(34)33(21-26-11-8-12-27(31)19-26)28(30(35)32-22(2)3)20-25-9-6-5-7-10-25/h5-16,19,22,28H,4,17-18,20-21H2,1-3H3,(H,32,35). The molecule has 3 aromatic rings. The SMILES string of the molecule is CCc1ccc(CCC(=O)N(Cc2cccc(Cl)c2)C(Cc2ccccc2)C(=O)NC(C)C)cc1. The van der Waals surface area contributed by atoms with Crippen LogP contribution in [-0.2, 0) is 35.4 Å². The number of aryl methyl sites for hydroxylation is 2. The van der Waals surface area contributed by atoms with Gasteiger partial charge < -0.3 is 10.2 Å². The molecule has 0 radical (unpaired) electrons. The van der Waals surface area contributed by atoms with E-state index < -0.39 is 6.04 Å². The number of carbonyl (C=O) groups is 2. The highest BCUT2D eigenvalue weighted by Gasteiger charge is 2.30. The molecule has 0 aromatic heterocycles. The molecule has 3 aromatic carbocycles. The lowest BCUT2D eigenvalue weighted by atomic mass is 10.0. The average molecular weight is 491 g/mol. The molecule has 0 fully saturated rings. The largest absolute Gasteiger partial charge is 0.352 e. The van der Waals surface area contributed by atoms with Crippen molar-refractivity contribution in [2.75, 3.05) is 0 Å². The summed E-state index contributed by atoms with van der Waals surface area (Å²) in [5.41, 5.74) is 4.30. The van der Waals surface area contributed by atoms with Crippen molar-refractivity contribution in [3.8, 4) is 0 Å². The smallest absolute Gasteiger partial charge is 0.243 e. The molecule has 0 aliphatic heterocycles. The molecule has 4 nitrogen and oxygen atoms in total. The first-order chi connectivity index (χ1) is 16.9. The lowest BCUT2D eigenvalue weighted by Gasteiger charge is -2.32. The Morgan fingerprint density at radius 2 is 1.51 bits per heavy atom. The Labute approximate surface area is 214 Å². The minimum absolute atomic E-state index is 0.0269. The molecule has 0 aliphatic rings. The zero-order valence-corrected chi connectivity index (χ0v) is 21.6. The number of rotatable bonds is 11. The van der Waals surface area contributed by atoms with Crippen LogP contribution in [-0.4, -0.2) is 28.8 Å². The van der Waals surface area contributed by atoms with Gasteiger partial charge in [-0.2, -0.15) is 0 Å². The highest BCUT2D eigenvalue weighted by Crippen LogP contribution is 2.19. The fourth-order valence-electron chi connectivity index (χ4n) is 4.10. The van der Waals surface area contributed by atoms with E-state index in [2.05, 4.69) is 36.5 Å². The van der Waals surface area contributed by atoms with Crippen LogP contribution in [0.3, 0.4) is 0 Å². The van der Waals surface area contributed by atoms with Gasteiger partial charge in [0.1, 0.15) is 6.04 Å². The molecule has 5 heteroatoms. The second kappa shape index (κ2) is 13.1. The minimum Gasteiger partial charge on any atom is -0.352 e. The number of benzene rings is 3. The maximum atomic E-state index is 13.7. The van der Waals surface area contributed by atoms with Gasteiger partial charge in [-0.15, -0.1) is 0 Å². The fourth-order valence-corrected chi connectivity index (χ4v) is 4.32. The lowest BCUT2D eigenvalue weighted by Crippen LogP contribution is -2.51. The van der Waals surface area contributed by atoms with Crippen LogP contribution in [0.5, 0.6) is 0 Å². The molecule has 35 heavy (non-hydrogen) atoms. The molecule has 1 N–H and O–H groups in total. The van der Waals surface area contributed by atoms with Gasteiger partial charge in [-0.05, 0) is 61.1 Å². The molecule has 0 heterocycles. The van der Waals surface area contributed by atoms with Crippen LogP contribution in [0.2, 0.25) is 5.02 Å².